The molecular formula is C21H19ClN4O4. The maximum atomic E-state index is 10.9. The molecule has 2 N–H and O–H groups in total. The quantitative estimate of drug-likeness (QED) is 0.438. The van der Waals surface area contributed by atoms with Crippen LogP contribution in [-0.2, 0) is 11.2 Å². The molecule has 4 aromatic rings. The molecule has 0 aliphatic heterocycles. The lowest BCUT2D eigenvalue weighted by atomic mass is 10.1. The second-order valence-electron chi connectivity index (χ2n) is 7.03. The van der Waals surface area contributed by atoms with Crippen molar-refractivity contribution < 1.29 is 19.2 Å². The van der Waals surface area contributed by atoms with E-state index in [9.17, 15) is 4.79 Å². The minimum atomic E-state index is -0.853. The zero-order valence-corrected chi connectivity index (χ0v) is 17.1. The summed E-state index contributed by atoms with van der Waals surface area (Å²) in [6, 6.07) is 7.16. The third-order valence-electron chi connectivity index (χ3n) is 4.47. The van der Waals surface area contributed by atoms with Crippen LogP contribution in [0.2, 0.25) is 5.02 Å². The van der Waals surface area contributed by atoms with Crippen LogP contribution in [0.5, 0.6) is 5.75 Å². The molecule has 0 aliphatic rings. The van der Waals surface area contributed by atoms with Crippen molar-refractivity contribution in [3.8, 4) is 28.7 Å². The predicted molar refractivity (Wildman–Crippen MR) is 112 cm³/mol. The largest absolute Gasteiger partial charge is 0.489 e. The number of hydrogen-bond acceptors (Lipinski definition) is 6. The molecule has 0 amide bonds. The monoisotopic (exact) mass is 426 g/mol. The number of nitrogens with one attached hydrogen (secondary N) is 1. The van der Waals surface area contributed by atoms with Crippen LogP contribution in [-0.4, -0.2) is 37.3 Å². The molecular weight excluding hydrogens is 408 g/mol. The lowest BCUT2D eigenvalue weighted by Crippen LogP contribution is -2.05. The molecule has 0 aliphatic carbocycles. The van der Waals surface area contributed by atoms with Crippen molar-refractivity contribution in [2.24, 2.45) is 0 Å². The molecule has 1 aromatic carbocycles. The van der Waals surface area contributed by atoms with Gasteiger partial charge in [0.25, 0.3) is 5.89 Å². The topological polar surface area (TPSA) is 114 Å². The number of H-pyrrole nitrogens is 1. The van der Waals surface area contributed by atoms with Gasteiger partial charge < -0.3 is 19.4 Å². The van der Waals surface area contributed by atoms with Crippen LogP contribution >= 0.6 is 11.6 Å². The maximum absolute atomic E-state index is 10.9. The third-order valence-corrected chi connectivity index (χ3v) is 4.76. The molecule has 0 saturated heterocycles. The first-order valence-corrected chi connectivity index (χ1v) is 9.77. The Morgan fingerprint density at radius 3 is 2.90 bits per heavy atom. The fraction of sp³-hybridized carbons (Fsp3) is 0.238. The van der Waals surface area contributed by atoms with Crippen molar-refractivity contribution in [1.29, 1.82) is 0 Å². The van der Waals surface area contributed by atoms with Gasteiger partial charge in [0, 0.05) is 29.8 Å². The highest BCUT2D eigenvalue weighted by Crippen LogP contribution is 2.32. The zero-order chi connectivity index (χ0) is 21.3. The summed E-state index contributed by atoms with van der Waals surface area (Å²) in [6.45, 7) is 3.85. The average Bonchev–Trinajstić information content (AvgIpc) is 3.37. The molecule has 0 spiro atoms. The minimum Gasteiger partial charge on any atom is -0.489 e. The molecule has 4 rings (SSSR count). The van der Waals surface area contributed by atoms with Gasteiger partial charge >= 0.3 is 5.97 Å². The first-order chi connectivity index (χ1) is 14.4. The summed E-state index contributed by atoms with van der Waals surface area (Å²) in [7, 11) is 0. The van der Waals surface area contributed by atoms with Crippen LogP contribution in [0.3, 0.4) is 0 Å². The minimum absolute atomic E-state index is 0.0103. The van der Waals surface area contributed by atoms with Crippen molar-refractivity contribution in [2.75, 3.05) is 0 Å². The fourth-order valence-electron chi connectivity index (χ4n) is 3.14. The predicted octanol–water partition coefficient (Wildman–Crippen LogP) is 4.74. The Balaban J connectivity index is 1.65. The van der Waals surface area contributed by atoms with E-state index >= 15 is 0 Å². The van der Waals surface area contributed by atoms with Crippen LogP contribution < -0.4 is 4.74 Å². The molecule has 3 aromatic heterocycles. The van der Waals surface area contributed by atoms with Gasteiger partial charge in [-0.3, -0.25) is 9.78 Å². The van der Waals surface area contributed by atoms with Gasteiger partial charge in [-0.05, 0) is 50.1 Å². The lowest BCUT2D eigenvalue weighted by molar-refractivity contribution is -0.136. The molecule has 0 bridgehead atoms. The second-order valence-corrected chi connectivity index (χ2v) is 7.43. The zero-order valence-electron chi connectivity index (χ0n) is 16.3. The van der Waals surface area contributed by atoms with Gasteiger partial charge in [0.1, 0.15) is 11.4 Å². The molecule has 0 atom stereocenters. The van der Waals surface area contributed by atoms with Crippen molar-refractivity contribution in [3.63, 3.8) is 0 Å². The van der Waals surface area contributed by atoms with Crippen molar-refractivity contribution in [2.45, 2.75) is 32.8 Å². The van der Waals surface area contributed by atoms with E-state index in [4.69, 9.17) is 26.0 Å². The van der Waals surface area contributed by atoms with E-state index in [1.807, 2.05) is 19.9 Å². The Labute approximate surface area is 176 Å². The van der Waals surface area contributed by atoms with Crippen LogP contribution in [0.25, 0.3) is 33.9 Å². The number of carbonyl (C=O) groups is 1. The number of aryl methyl sites for hydroxylation is 1. The highest BCUT2D eigenvalue weighted by atomic mass is 35.5. The summed E-state index contributed by atoms with van der Waals surface area (Å²) in [5, 5.41) is 14.3. The number of carboxylic acids is 1. The fourth-order valence-corrected chi connectivity index (χ4v) is 3.37. The number of hydrogen-bond donors (Lipinski definition) is 2. The summed E-state index contributed by atoms with van der Waals surface area (Å²) < 4.78 is 11.1. The smallest absolute Gasteiger partial charge is 0.303 e. The standard InChI is InChI=1S/C21H19ClN4O4/c1-11(2)29-16-5-3-12(9-15(16)22)21-25-20(26-30-21)19-18-14(7-8-23-18)13(10-24-19)4-6-17(27)28/h3,5,7-11,23H,4,6H2,1-2H3,(H,27,28). The van der Waals surface area contributed by atoms with Gasteiger partial charge in [-0.2, -0.15) is 4.98 Å². The Morgan fingerprint density at radius 1 is 1.33 bits per heavy atom. The van der Waals surface area contributed by atoms with E-state index in [0.29, 0.717) is 40.2 Å². The number of pyridine rings is 1. The first-order valence-electron chi connectivity index (χ1n) is 9.40. The highest BCUT2D eigenvalue weighted by molar-refractivity contribution is 6.32. The van der Waals surface area contributed by atoms with E-state index in [0.717, 1.165) is 16.5 Å². The summed E-state index contributed by atoms with van der Waals surface area (Å²) >= 11 is 6.31. The molecule has 8 nitrogen and oxygen atoms in total. The second kappa shape index (κ2) is 8.16. The van der Waals surface area contributed by atoms with E-state index in [1.54, 1.807) is 30.6 Å². The Hall–Kier alpha value is -3.39. The molecule has 9 heteroatoms. The molecule has 0 fully saturated rings. The van der Waals surface area contributed by atoms with Gasteiger partial charge in [0.2, 0.25) is 5.82 Å². The number of aromatic amines is 1. The van der Waals surface area contributed by atoms with Gasteiger partial charge in [0.05, 0.1) is 16.6 Å². The number of fused-ring (bicyclic) bond motifs is 1. The molecule has 154 valence electrons. The summed E-state index contributed by atoms with van der Waals surface area (Å²) in [5.74, 6) is 0.358. The molecule has 0 radical (unpaired) electrons. The normalized spacial score (nSPS) is 11.3. The maximum Gasteiger partial charge on any atom is 0.303 e. The molecule has 30 heavy (non-hydrogen) atoms. The average molecular weight is 427 g/mol. The Kier molecular flexibility index (Phi) is 5.41. The number of aromatic nitrogens is 4. The van der Waals surface area contributed by atoms with Crippen molar-refractivity contribution in [1.82, 2.24) is 20.1 Å². The summed E-state index contributed by atoms with van der Waals surface area (Å²) in [4.78, 5) is 22.9. The van der Waals surface area contributed by atoms with Crippen LogP contribution in [0.1, 0.15) is 25.8 Å². The van der Waals surface area contributed by atoms with E-state index in [2.05, 4.69) is 20.1 Å². The number of nitrogens with zero attached hydrogens (tertiary/aromatic N) is 3. The highest BCUT2D eigenvalue weighted by Gasteiger charge is 2.18. The summed E-state index contributed by atoms with van der Waals surface area (Å²) in [6.07, 6.45) is 3.85. The number of carboxylic acid groups (broad SMARTS) is 1. The van der Waals surface area contributed by atoms with E-state index < -0.39 is 5.97 Å². The third kappa shape index (κ3) is 3.99. The number of rotatable bonds is 7. The number of benzene rings is 1. The SMILES string of the molecule is CC(C)Oc1ccc(-c2nc(-c3ncc(CCC(=O)O)c4cc[nH]c34)no2)cc1Cl. The van der Waals surface area contributed by atoms with E-state index in [1.165, 1.54) is 0 Å². The molecule has 3 heterocycles. The van der Waals surface area contributed by atoms with Gasteiger partial charge in [-0.1, -0.05) is 16.8 Å². The lowest BCUT2D eigenvalue weighted by Gasteiger charge is -2.11. The Morgan fingerprint density at radius 2 is 2.17 bits per heavy atom. The van der Waals surface area contributed by atoms with Gasteiger partial charge in [-0.25, -0.2) is 0 Å². The van der Waals surface area contributed by atoms with E-state index in [-0.39, 0.29) is 12.5 Å². The Bertz CT molecular complexity index is 1210. The van der Waals surface area contributed by atoms with Crippen LogP contribution in [0.15, 0.2) is 41.2 Å². The summed E-state index contributed by atoms with van der Waals surface area (Å²) in [5.41, 5.74) is 2.75. The van der Waals surface area contributed by atoms with Crippen LogP contribution in [0.4, 0.5) is 0 Å². The number of aliphatic carboxylic acids is 1. The van der Waals surface area contributed by atoms with Gasteiger partial charge in [-0.15, -0.1) is 0 Å². The van der Waals surface area contributed by atoms with Gasteiger partial charge in [0.15, 0.2) is 0 Å². The first kappa shape index (κ1) is 19.9. The number of ether oxygens (including phenoxy) is 1. The van der Waals surface area contributed by atoms with Crippen LogP contribution in [0, 0.1) is 0 Å². The van der Waals surface area contributed by atoms with Crippen molar-refractivity contribution in [3.05, 3.63) is 47.2 Å². The number of halogens is 1. The molecule has 0 unspecified atom stereocenters. The van der Waals surface area contributed by atoms with Crippen molar-refractivity contribution >= 4 is 28.5 Å². The molecule has 0 saturated carbocycles.